The number of nitrogens with one attached hydrogen (secondary N) is 2. The lowest BCUT2D eigenvalue weighted by atomic mass is 10.1. The van der Waals surface area contributed by atoms with E-state index >= 15 is 0 Å². The van der Waals surface area contributed by atoms with E-state index in [2.05, 4.69) is 10.6 Å². The molecule has 2 amide bonds. The average Bonchev–Trinajstić information content (AvgIpc) is 3.23. The van der Waals surface area contributed by atoms with E-state index in [0.717, 1.165) is 25.7 Å². The first-order valence-electron chi connectivity index (χ1n) is 10.1. The standard InChI is InChI=1S/C23H24N2O4/c1-14(24-23(28)15-6-2-3-7-15)12-21(26)25-16-10-11-20-18(13-16)22(27)17-8-4-5-9-19(17)29-20/h4-5,8-11,13-15H,2-3,6-7,12H2,1H3,(H,24,28)(H,25,26)/t14-/m0/s1. The molecule has 0 spiro atoms. The van der Waals surface area contributed by atoms with Gasteiger partial charge in [-0.2, -0.15) is 0 Å². The number of carbonyl (C=O) groups excluding carboxylic acids is 2. The molecule has 6 nitrogen and oxygen atoms in total. The van der Waals surface area contributed by atoms with Gasteiger partial charge >= 0.3 is 0 Å². The molecule has 4 rings (SSSR count). The van der Waals surface area contributed by atoms with Crippen LogP contribution in [0, 0.1) is 5.92 Å². The molecular formula is C23H24N2O4. The summed E-state index contributed by atoms with van der Waals surface area (Å²) in [7, 11) is 0. The van der Waals surface area contributed by atoms with Crippen molar-refractivity contribution in [3.63, 3.8) is 0 Å². The Morgan fingerprint density at radius 1 is 1.07 bits per heavy atom. The van der Waals surface area contributed by atoms with E-state index in [0.29, 0.717) is 27.6 Å². The molecule has 1 saturated carbocycles. The summed E-state index contributed by atoms with van der Waals surface area (Å²) in [4.78, 5) is 37.3. The molecule has 2 aromatic carbocycles. The second kappa shape index (κ2) is 8.07. The number of rotatable bonds is 5. The molecule has 0 saturated heterocycles. The van der Waals surface area contributed by atoms with Crippen molar-refractivity contribution < 1.29 is 14.0 Å². The van der Waals surface area contributed by atoms with Crippen LogP contribution in [-0.4, -0.2) is 17.9 Å². The van der Waals surface area contributed by atoms with Crippen molar-refractivity contribution in [1.82, 2.24) is 5.32 Å². The molecule has 1 aliphatic carbocycles. The van der Waals surface area contributed by atoms with Gasteiger partial charge in [0.2, 0.25) is 17.2 Å². The fraction of sp³-hybridized carbons (Fsp3) is 0.348. The lowest BCUT2D eigenvalue weighted by molar-refractivity contribution is -0.125. The van der Waals surface area contributed by atoms with Crippen LogP contribution in [0.1, 0.15) is 39.0 Å². The second-order valence-corrected chi connectivity index (χ2v) is 7.78. The molecule has 1 fully saturated rings. The lowest BCUT2D eigenvalue weighted by Gasteiger charge is -2.16. The maximum Gasteiger partial charge on any atom is 0.226 e. The first-order valence-corrected chi connectivity index (χ1v) is 10.1. The Labute approximate surface area is 168 Å². The Bertz CT molecular complexity index is 1130. The summed E-state index contributed by atoms with van der Waals surface area (Å²) in [5.74, 6) is -0.0956. The van der Waals surface area contributed by atoms with Crippen molar-refractivity contribution in [2.45, 2.75) is 45.1 Å². The molecular weight excluding hydrogens is 368 g/mol. The molecule has 2 N–H and O–H groups in total. The molecule has 1 heterocycles. The second-order valence-electron chi connectivity index (χ2n) is 7.78. The molecule has 150 valence electrons. The van der Waals surface area contributed by atoms with Crippen molar-refractivity contribution >= 4 is 39.4 Å². The van der Waals surface area contributed by atoms with Gasteiger partial charge in [0.25, 0.3) is 0 Å². The van der Waals surface area contributed by atoms with Crippen molar-refractivity contribution in [3.05, 3.63) is 52.7 Å². The zero-order valence-corrected chi connectivity index (χ0v) is 16.4. The quantitative estimate of drug-likeness (QED) is 0.643. The summed E-state index contributed by atoms with van der Waals surface area (Å²) in [5.41, 5.74) is 1.41. The van der Waals surface area contributed by atoms with E-state index in [1.54, 1.807) is 36.4 Å². The van der Waals surface area contributed by atoms with Crippen LogP contribution in [0.5, 0.6) is 0 Å². The predicted octanol–water partition coefficient (Wildman–Crippen LogP) is 3.97. The van der Waals surface area contributed by atoms with E-state index in [1.807, 2.05) is 13.0 Å². The molecule has 6 heteroatoms. The van der Waals surface area contributed by atoms with Gasteiger partial charge in [-0.05, 0) is 50.1 Å². The molecule has 1 aromatic heterocycles. The summed E-state index contributed by atoms with van der Waals surface area (Å²) in [6.07, 6.45) is 4.22. The smallest absolute Gasteiger partial charge is 0.226 e. The van der Waals surface area contributed by atoms with Crippen LogP contribution >= 0.6 is 0 Å². The lowest BCUT2D eigenvalue weighted by Crippen LogP contribution is -2.38. The summed E-state index contributed by atoms with van der Waals surface area (Å²) in [6, 6.07) is 11.9. The van der Waals surface area contributed by atoms with Crippen molar-refractivity contribution in [1.29, 1.82) is 0 Å². The van der Waals surface area contributed by atoms with Crippen LogP contribution in [0.3, 0.4) is 0 Å². The molecule has 0 unspecified atom stereocenters. The maximum atomic E-state index is 12.7. The third kappa shape index (κ3) is 4.16. The average molecular weight is 392 g/mol. The highest BCUT2D eigenvalue weighted by atomic mass is 16.3. The molecule has 3 aromatic rings. The van der Waals surface area contributed by atoms with Gasteiger partial charge < -0.3 is 15.1 Å². The third-order valence-corrected chi connectivity index (χ3v) is 5.47. The summed E-state index contributed by atoms with van der Waals surface area (Å²) in [5, 5.41) is 6.67. The normalized spacial score (nSPS) is 15.5. The number of carbonyl (C=O) groups is 2. The first kappa shape index (κ1) is 19.2. The van der Waals surface area contributed by atoms with Gasteiger partial charge in [-0.3, -0.25) is 14.4 Å². The number of benzene rings is 2. The van der Waals surface area contributed by atoms with Crippen LogP contribution in [0.25, 0.3) is 21.9 Å². The fourth-order valence-corrected chi connectivity index (χ4v) is 3.97. The van der Waals surface area contributed by atoms with Crippen LogP contribution < -0.4 is 16.1 Å². The number of para-hydroxylation sites is 1. The first-order chi connectivity index (χ1) is 14.0. The monoisotopic (exact) mass is 392 g/mol. The Kier molecular flexibility index (Phi) is 5.34. The van der Waals surface area contributed by atoms with Gasteiger partial charge in [-0.1, -0.05) is 25.0 Å². The highest BCUT2D eigenvalue weighted by Gasteiger charge is 2.24. The van der Waals surface area contributed by atoms with Gasteiger partial charge in [0.05, 0.1) is 10.8 Å². The number of anilines is 1. The zero-order chi connectivity index (χ0) is 20.4. The Morgan fingerprint density at radius 3 is 2.59 bits per heavy atom. The number of amides is 2. The summed E-state index contributed by atoms with van der Waals surface area (Å²) in [6.45, 7) is 1.83. The molecule has 0 bridgehead atoms. The highest BCUT2D eigenvalue weighted by Crippen LogP contribution is 2.25. The van der Waals surface area contributed by atoms with Gasteiger partial charge in [0.15, 0.2) is 0 Å². The molecule has 0 aliphatic heterocycles. The minimum absolute atomic E-state index is 0.0398. The molecule has 1 aliphatic rings. The minimum atomic E-state index is -0.252. The van der Waals surface area contributed by atoms with E-state index in [1.165, 1.54) is 0 Å². The number of hydrogen-bond donors (Lipinski definition) is 2. The van der Waals surface area contributed by atoms with Gasteiger partial charge in [-0.15, -0.1) is 0 Å². The topological polar surface area (TPSA) is 88.4 Å². The van der Waals surface area contributed by atoms with Crippen LogP contribution in [0.2, 0.25) is 0 Å². The Hall–Kier alpha value is -3.15. The molecule has 0 radical (unpaired) electrons. The molecule has 29 heavy (non-hydrogen) atoms. The summed E-state index contributed by atoms with van der Waals surface area (Å²) < 4.78 is 5.78. The van der Waals surface area contributed by atoms with E-state index in [9.17, 15) is 14.4 Å². The predicted molar refractivity (Wildman–Crippen MR) is 113 cm³/mol. The Balaban J connectivity index is 1.45. The minimum Gasteiger partial charge on any atom is -0.456 e. The van der Waals surface area contributed by atoms with Crippen LogP contribution in [-0.2, 0) is 9.59 Å². The highest BCUT2D eigenvalue weighted by molar-refractivity contribution is 5.96. The van der Waals surface area contributed by atoms with Crippen LogP contribution in [0.15, 0.2) is 51.7 Å². The largest absolute Gasteiger partial charge is 0.456 e. The fourth-order valence-electron chi connectivity index (χ4n) is 3.97. The van der Waals surface area contributed by atoms with Crippen molar-refractivity contribution in [3.8, 4) is 0 Å². The van der Waals surface area contributed by atoms with Crippen molar-refractivity contribution in [2.75, 3.05) is 5.32 Å². The third-order valence-electron chi connectivity index (χ3n) is 5.47. The van der Waals surface area contributed by atoms with Crippen molar-refractivity contribution in [2.24, 2.45) is 5.92 Å². The number of fused-ring (bicyclic) bond motifs is 2. The summed E-state index contributed by atoms with van der Waals surface area (Å²) >= 11 is 0. The van der Waals surface area contributed by atoms with E-state index in [-0.39, 0.29) is 35.6 Å². The zero-order valence-electron chi connectivity index (χ0n) is 16.4. The van der Waals surface area contributed by atoms with Gasteiger partial charge in [0.1, 0.15) is 11.2 Å². The number of hydrogen-bond acceptors (Lipinski definition) is 4. The SMILES string of the molecule is C[C@@H](CC(=O)Nc1ccc2oc3ccccc3c(=O)c2c1)NC(=O)C1CCCC1. The van der Waals surface area contributed by atoms with Crippen LogP contribution in [0.4, 0.5) is 5.69 Å². The van der Waals surface area contributed by atoms with Gasteiger partial charge in [-0.25, -0.2) is 0 Å². The van der Waals surface area contributed by atoms with E-state index in [4.69, 9.17) is 4.42 Å². The maximum absolute atomic E-state index is 12.7. The van der Waals surface area contributed by atoms with Gasteiger partial charge in [0, 0.05) is 24.1 Å². The Morgan fingerprint density at radius 2 is 1.79 bits per heavy atom. The van der Waals surface area contributed by atoms with E-state index < -0.39 is 0 Å². The molecule has 1 atom stereocenters.